The van der Waals surface area contributed by atoms with E-state index >= 15 is 0 Å². The zero-order valence-corrected chi connectivity index (χ0v) is 13.1. The molecule has 2 fully saturated rings. The van der Waals surface area contributed by atoms with Crippen molar-refractivity contribution in [3.8, 4) is 0 Å². The number of aliphatic hydroxyl groups is 1. The Morgan fingerprint density at radius 3 is 2.43 bits per heavy atom. The molecule has 5 heteroatoms. The highest BCUT2D eigenvalue weighted by atomic mass is 35.5. The third-order valence-corrected chi connectivity index (χ3v) is 4.94. The maximum Gasteiger partial charge on any atom is 0.0798 e. The molecule has 0 aromatic heterocycles. The van der Waals surface area contributed by atoms with Crippen molar-refractivity contribution in [1.82, 2.24) is 10.2 Å². The highest BCUT2D eigenvalue weighted by Gasteiger charge is 2.32. The smallest absolute Gasteiger partial charge is 0.0798 e. The minimum atomic E-state index is -0.502. The van der Waals surface area contributed by atoms with Crippen molar-refractivity contribution in [2.45, 2.75) is 18.4 Å². The SMILES string of the molecule is OC1(CN2CCN(c3ccccc3Cl)CC2)CCNCC1. The molecule has 2 N–H and O–H groups in total. The van der Waals surface area contributed by atoms with Gasteiger partial charge >= 0.3 is 0 Å². The lowest BCUT2D eigenvalue weighted by atomic mass is 9.91. The van der Waals surface area contributed by atoms with E-state index in [4.69, 9.17) is 11.6 Å². The summed E-state index contributed by atoms with van der Waals surface area (Å²) < 4.78 is 0. The molecule has 116 valence electrons. The molecule has 0 bridgehead atoms. The molecule has 0 atom stereocenters. The summed E-state index contributed by atoms with van der Waals surface area (Å²) >= 11 is 6.27. The zero-order valence-electron chi connectivity index (χ0n) is 12.4. The van der Waals surface area contributed by atoms with E-state index in [9.17, 15) is 5.11 Å². The van der Waals surface area contributed by atoms with Crippen LogP contribution in [0.2, 0.25) is 5.02 Å². The van der Waals surface area contributed by atoms with Gasteiger partial charge in [-0.3, -0.25) is 4.90 Å². The largest absolute Gasteiger partial charge is 0.388 e. The van der Waals surface area contributed by atoms with E-state index < -0.39 is 5.60 Å². The Labute approximate surface area is 131 Å². The number of benzene rings is 1. The molecule has 0 aliphatic carbocycles. The summed E-state index contributed by atoms with van der Waals surface area (Å²) in [4.78, 5) is 4.73. The Kier molecular flexibility index (Phi) is 4.69. The molecule has 1 aromatic carbocycles. The highest BCUT2D eigenvalue weighted by Crippen LogP contribution is 2.27. The normalized spacial score (nSPS) is 23.2. The van der Waals surface area contributed by atoms with E-state index in [1.54, 1.807) is 0 Å². The van der Waals surface area contributed by atoms with Gasteiger partial charge in [0.2, 0.25) is 0 Å². The maximum absolute atomic E-state index is 10.6. The van der Waals surface area contributed by atoms with Crippen LogP contribution in [0.25, 0.3) is 0 Å². The lowest BCUT2D eigenvalue weighted by Gasteiger charge is -2.41. The van der Waals surface area contributed by atoms with E-state index in [2.05, 4.69) is 21.2 Å². The van der Waals surface area contributed by atoms with Crippen molar-refractivity contribution in [2.24, 2.45) is 0 Å². The quantitative estimate of drug-likeness (QED) is 0.889. The standard InChI is InChI=1S/C16H24ClN3O/c17-14-3-1-2-4-15(14)20-11-9-19(10-12-20)13-16(21)5-7-18-8-6-16/h1-4,18,21H,5-13H2. The molecular formula is C16H24ClN3O. The Morgan fingerprint density at radius 1 is 1.10 bits per heavy atom. The molecule has 2 heterocycles. The van der Waals surface area contributed by atoms with Crippen molar-refractivity contribution in [3.63, 3.8) is 0 Å². The number of para-hydroxylation sites is 1. The van der Waals surface area contributed by atoms with Crippen LogP contribution in [0, 0.1) is 0 Å². The molecule has 4 nitrogen and oxygen atoms in total. The monoisotopic (exact) mass is 309 g/mol. The second-order valence-electron chi connectivity index (χ2n) is 6.19. The number of hydrogen-bond donors (Lipinski definition) is 2. The van der Waals surface area contributed by atoms with Gasteiger partial charge in [-0.2, -0.15) is 0 Å². The first-order chi connectivity index (χ1) is 10.2. The third kappa shape index (κ3) is 3.69. The molecule has 0 spiro atoms. The zero-order chi connectivity index (χ0) is 14.7. The number of piperazine rings is 1. The molecule has 0 saturated carbocycles. The van der Waals surface area contributed by atoms with E-state index in [0.29, 0.717) is 0 Å². The summed E-state index contributed by atoms with van der Waals surface area (Å²) in [5.41, 5.74) is 0.622. The topological polar surface area (TPSA) is 38.7 Å². The summed E-state index contributed by atoms with van der Waals surface area (Å²) in [6.45, 7) is 6.56. The van der Waals surface area contributed by atoms with Gasteiger partial charge in [0.1, 0.15) is 0 Å². The fraction of sp³-hybridized carbons (Fsp3) is 0.625. The van der Waals surface area contributed by atoms with Gasteiger partial charge in [-0.15, -0.1) is 0 Å². The van der Waals surface area contributed by atoms with Crippen molar-refractivity contribution in [1.29, 1.82) is 0 Å². The van der Waals surface area contributed by atoms with Gasteiger partial charge in [-0.25, -0.2) is 0 Å². The van der Waals surface area contributed by atoms with Crippen LogP contribution >= 0.6 is 11.6 Å². The van der Waals surface area contributed by atoms with Gasteiger partial charge in [0.05, 0.1) is 16.3 Å². The summed E-state index contributed by atoms with van der Waals surface area (Å²) in [5, 5.41) is 14.8. The molecule has 2 aliphatic heterocycles. The van der Waals surface area contributed by atoms with Crippen molar-refractivity contribution in [3.05, 3.63) is 29.3 Å². The van der Waals surface area contributed by atoms with E-state index in [-0.39, 0.29) is 0 Å². The van der Waals surface area contributed by atoms with E-state index in [0.717, 1.165) is 69.4 Å². The number of hydrogen-bond acceptors (Lipinski definition) is 4. The minimum absolute atomic E-state index is 0.502. The third-order valence-electron chi connectivity index (χ3n) is 4.62. The van der Waals surface area contributed by atoms with Crippen LogP contribution in [0.3, 0.4) is 0 Å². The average Bonchev–Trinajstić information content (AvgIpc) is 2.49. The van der Waals surface area contributed by atoms with Crippen LogP contribution in [0.4, 0.5) is 5.69 Å². The number of anilines is 1. The summed E-state index contributed by atoms with van der Waals surface area (Å²) in [7, 11) is 0. The van der Waals surface area contributed by atoms with Crippen LogP contribution < -0.4 is 10.2 Å². The van der Waals surface area contributed by atoms with Crippen molar-refractivity contribution in [2.75, 3.05) is 50.7 Å². The van der Waals surface area contributed by atoms with Crippen LogP contribution in [0.1, 0.15) is 12.8 Å². The average molecular weight is 310 g/mol. The van der Waals surface area contributed by atoms with Gasteiger partial charge in [-0.05, 0) is 38.1 Å². The summed E-state index contributed by atoms with van der Waals surface area (Å²) in [6.07, 6.45) is 1.72. The second-order valence-corrected chi connectivity index (χ2v) is 6.60. The maximum atomic E-state index is 10.6. The van der Waals surface area contributed by atoms with Gasteiger partial charge < -0.3 is 15.3 Å². The molecule has 1 aromatic rings. The van der Waals surface area contributed by atoms with E-state index in [1.807, 2.05) is 18.2 Å². The highest BCUT2D eigenvalue weighted by molar-refractivity contribution is 6.33. The van der Waals surface area contributed by atoms with Crippen LogP contribution in [-0.4, -0.2) is 61.4 Å². The molecule has 21 heavy (non-hydrogen) atoms. The number of nitrogens with one attached hydrogen (secondary N) is 1. The predicted molar refractivity (Wildman–Crippen MR) is 87.2 cm³/mol. The fourth-order valence-corrected chi connectivity index (χ4v) is 3.58. The van der Waals surface area contributed by atoms with Gasteiger partial charge in [0.15, 0.2) is 0 Å². The van der Waals surface area contributed by atoms with Gasteiger partial charge in [-0.1, -0.05) is 23.7 Å². The number of piperidine rings is 1. The molecule has 0 amide bonds. The van der Waals surface area contributed by atoms with Crippen molar-refractivity contribution < 1.29 is 5.11 Å². The fourth-order valence-electron chi connectivity index (χ4n) is 3.32. The Balaban J connectivity index is 1.54. The van der Waals surface area contributed by atoms with E-state index in [1.165, 1.54) is 0 Å². The summed E-state index contributed by atoms with van der Waals surface area (Å²) in [5.74, 6) is 0. The lowest BCUT2D eigenvalue weighted by molar-refractivity contribution is -0.0218. The number of nitrogens with zero attached hydrogens (tertiary/aromatic N) is 2. The molecule has 0 unspecified atom stereocenters. The minimum Gasteiger partial charge on any atom is -0.388 e. The molecular weight excluding hydrogens is 286 g/mol. The van der Waals surface area contributed by atoms with Gasteiger partial charge in [0.25, 0.3) is 0 Å². The predicted octanol–water partition coefficient (Wildman–Crippen LogP) is 1.58. The van der Waals surface area contributed by atoms with Gasteiger partial charge in [0, 0.05) is 32.7 Å². The molecule has 3 rings (SSSR count). The molecule has 2 saturated heterocycles. The first-order valence-electron chi connectivity index (χ1n) is 7.81. The van der Waals surface area contributed by atoms with Crippen LogP contribution in [0.5, 0.6) is 0 Å². The molecule has 0 radical (unpaired) electrons. The number of halogens is 1. The number of rotatable bonds is 3. The van der Waals surface area contributed by atoms with Crippen molar-refractivity contribution >= 4 is 17.3 Å². The Morgan fingerprint density at radius 2 is 1.76 bits per heavy atom. The Hall–Kier alpha value is -0.810. The number of β-amino-alcohol motifs (C(OH)–C–C–N with tert-alkyl or cyclic N) is 1. The first kappa shape index (κ1) is 15.1. The van der Waals surface area contributed by atoms with Crippen LogP contribution in [-0.2, 0) is 0 Å². The second kappa shape index (κ2) is 6.53. The lowest BCUT2D eigenvalue weighted by Crippen LogP contribution is -2.54. The molecule has 2 aliphatic rings. The summed E-state index contributed by atoms with van der Waals surface area (Å²) in [6, 6.07) is 8.03. The Bertz CT molecular complexity index is 468. The van der Waals surface area contributed by atoms with Crippen LogP contribution in [0.15, 0.2) is 24.3 Å². The first-order valence-corrected chi connectivity index (χ1v) is 8.19.